The third kappa shape index (κ3) is 5.62. The van der Waals surface area contributed by atoms with E-state index in [0.717, 1.165) is 0 Å². The summed E-state index contributed by atoms with van der Waals surface area (Å²) in [6.45, 7) is -0.195. The molecule has 1 atom stereocenters. The number of rotatable bonds is 14. The zero-order valence-electron chi connectivity index (χ0n) is 18.5. The molecule has 20 nitrogen and oxygen atoms in total. The molecule has 188 valence electrons. The number of aromatic nitrogens is 16. The first-order valence-corrected chi connectivity index (χ1v) is 10.7. The minimum Gasteiger partial charge on any atom is -0.394 e. The van der Waals surface area contributed by atoms with E-state index in [-0.39, 0.29) is 76.5 Å². The number of tetrazole rings is 4. The van der Waals surface area contributed by atoms with Crippen molar-refractivity contribution in [2.24, 2.45) is 0 Å². The van der Waals surface area contributed by atoms with Crippen LogP contribution in [0, 0.1) is 0 Å². The van der Waals surface area contributed by atoms with Crippen LogP contribution < -0.4 is 0 Å². The summed E-state index contributed by atoms with van der Waals surface area (Å²) in [6, 6.07) is 0. The van der Waals surface area contributed by atoms with Gasteiger partial charge in [0, 0.05) is 0 Å². The summed E-state index contributed by atoms with van der Waals surface area (Å²) in [5.41, 5.74) is 0. The predicted octanol–water partition coefficient (Wildman–Crippen LogP) is -5.04. The molecule has 20 heteroatoms. The molecule has 0 saturated heterocycles. The fourth-order valence-electron chi connectivity index (χ4n) is 3.34. The van der Waals surface area contributed by atoms with Gasteiger partial charge in [0.15, 0.2) is 23.3 Å². The smallest absolute Gasteiger partial charge is 0.185 e. The van der Waals surface area contributed by atoms with Gasteiger partial charge in [-0.2, -0.15) is 14.4 Å². The average Bonchev–Trinajstić information content (AvgIpc) is 3.65. The lowest BCUT2D eigenvalue weighted by atomic mass is 9.92. The van der Waals surface area contributed by atoms with Gasteiger partial charge in [-0.3, -0.25) is 0 Å². The Morgan fingerprint density at radius 1 is 0.543 bits per heavy atom. The number of hydrogen-bond acceptors (Lipinski definition) is 16. The number of aliphatic hydroxyl groups excluding tert-OH is 4. The van der Waals surface area contributed by atoms with Crippen LogP contribution in [0.1, 0.15) is 41.6 Å². The van der Waals surface area contributed by atoms with Gasteiger partial charge in [0.1, 0.15) is 0 Å². The highest BCUT2D eigenvalue weighted by Gasteiger charge is 2.34. The summed E-state index contributed by atoms with van der Waals surface area (Å²) in [5, 5.41) is 86.0. The minimum absolute atomic E-state index is 0.129. The second-order valence-electron chi connectivity index (χ2n) is 7.23. The van der Waals surface area contributed by atoms with Crippen LogP contribution in [0.25, 0.3) is 0 Å². The summed E-state index contributed by atoms with van der Waals surface area (Å²) in [6.07, 6.45) is 0.159. The Balaban J connectivity index is 1.75. The maximum atomic E-state index is 9.44. The van der Waals surface area contributed by atoms with Crippen molar-refractivity contribution in [1.29, 1.82) is 0 Å². The summed E-state index contributed by atoms with van der Waals surface area (Å²) in [7, 11) is 0. The van der Waals surface area contributed by atoms with E-state index in [4.69, 9.17) is 0 Å². The van der Waals surface area contributed by atoms with Gasteiger partial charge in [0.25, 0.3) is 0 Å². The third-order valence-corrected chi connectivity index (χ3v) is 4.89. The van der Waals surface area contributed by atoms with Crippen LogP contribution in [0.5, 0.6) is 0 Å². The molecule has 0 aromatic carbocycles. The van der Waals surface area contributed by atoms with Crippen LogP contribution in [0.3, 0.4) is 0 Å². The largest absolute Gasteiger partial charge is 0.394 e. The van der Waals surface area contributed by atoms with Crippen molar-refractivity contribution in [3.05, 3.63) is 23.3 Å². The van der Waals surface area contributed by atoms with E-state index in [1.807, 2.05) is 0 Å². The van der Waals surface area contributed by atoms with Crippen molar-refractivity contribution in [3.8, 4) is 0 Å². The van der Waals surface area contributed by atoms with Gasteiger partial charge in [-0.15, -0.1) is 35.7 Å². The molecular weight excluding hydrogens is 468 g/mol. The van der Waals surface area contributed by atoms with Gasteiger partial charge in [-0.05, 0) is 32.5 Å². The van der Waals surface area contributed by atoms with Gasteiger partial charge in [0.05, 0.1) is 64.4 Å². The summed E-state index contributed by atoms with van der Waals surface area (Å²) < 4.78 is 1.42. The number of hydrogen-bond donors (Lipinski definition) is 4. The third-order valence-electron chi connectivity index (χ3n) is 4.89. The fraction of sp³-hybridized carbons (Fsp3) is 0.733. The second kappa shape index (κ2) is 11.5. The molecule has 4 aromatic heterocycles. The molecule has 4 N–H and O–H groups in total. The molecular formula is C15H24N16O4. The molecule has 0 bridgehead atoms. The maximum Gasteiger partial charge on any atom is 0.185 e. The minimum atomic E-state index is -0.691. The number of aliphatic hydroxyl groups is 4. The van der Waals surface area contributed by atoms with Crippen LogP contribution in [0.15, 0.2) is 0 Å². The Bertz CT molecular complexity index is 1140. The van der Waals surface area contributed by atoms with Crippen LogP contribution in [-0.2, 0) is 26.2 Å². The number of nitrogens with zero attached hydrogens (tertiary/aromatic N) is 16. The zero-order valence-corrected chi connectivity index (χ0v) is 18.5. The molecule has 4 aromatic rings. The highest BCUT2D eigenvalue weighted by molar-refractivity contribution is 5.16. The van der Waals surface area contributed by atoms with Gasteiger partial charge >= 0.3 is 0 Å². The first kappa shape index (κ1) is 24.3. The van der Waals surface area contributed by atoms with Gasteiger partial charge in [-0.25, -0.2) is 4.68 Å². The Morgan fingerprint density at radius 2 is 1.00 bits per heavy atom. The quantitative estimate of drug-likeness (QED) is 0.128. The van der Waals surface area contributed by atoms with E-state index in [1.54, 1.807) is 0 Å². The lowest BCUT2D eigenvalue weighted by Crippen LogP contribution is -2.19. The molecule has 0 aliphatic rings. The topological polar surface area (TPSA) is 255 Å². The average molecular weight is 492 g/mol. The molecule has 1 unspecified atom stereocenters. The Labute approximate surface area is 196 Å². The Kier molecular flexibility index (Phi) is 7.97. The van der Waals surface area contributed by atoms with Crippen molar-refractivity contribution in [2.75, 3.05) is 26.4 Å². The predicted molar refractivity (Wildman–Crippen MR) is 108 cm³/mol. The first-order valence-electron chi connectivity index (χ1n) is 10.7. The van der Waals surface area contributed by atoms with E-state index >= 15 is 0 Å². The fourth-order valence-corrected chi connectivity index (χ4v) is 3.34. The van der Waals surface area contributed by atoms with Gasteiger partial charge in [0.2, 0.25) is 0 Å². The molecule has 4 heterocycles. The lowest BCUT2D eigenvalue weighted by Gasteiger charge is -2.16. The Hall–Kier alpha value is -3.88. The first-order chi connectivity index (χ1) is 17.2. The SMILES string of the molecule is OCCn1nnc(C(CC(c2nnn(CCO)n2)c2nnnn2CCO)c2nnn(CCO)n2)n1. The van der Waals surface area contributed by atoms with Crippen molar-refractivity contribution in [3.63, 3.8) is 0 Å². The molecule has 0 spiro atoms. The van der Waals surface area contributed by atoms with E-state index in [0.29, 0.717) is 5.82 Å². The van der Waals surface area contributed by atoms with Crippen molar-refractivity contribution < 1.29 is 20.4 Å². The molecule has 0 aliphatic carbocycles. The van der Waals surface area contributed by atoms with E-state index in [9.17, 15) is 20.4 Å². The zero-order chi connectivity index (χ0) is 24.6. The van der Waals surface area contributed by atoms with Crippen molar-refractivity contribution in [2.45, 2.75) is 44.4 Å². The van der Waals surface area contributed by atoms with Crippen LogP contribution >= 0.6 is 0 Å². The summed E-state index contributed by atoms with van der Waals surface area (Å²) in [4.78, 5) is 3.71. The maximum absolute atomic E-state index is 9.44. The normalized spacial score (nSPS) is 12.6. The van der Waals surface area contributed by atoms with Crippen LogP contribution in [0.2, 0.25) is 0 Å². The Morgan fingerprint density at radius 3 is 1.46 bits per heavy atom. The summed E-state index contributed by atoms with van der Waals surface area (Å²) in [5.74, 6) is -0.277. The second-order valence-corrected chi connectivity index (χ2v) is 7.23. The monoisotopic (exact) mass is 492 g/mol. The lowest BCUT2D eigenvalue weighted by molar-refractivity contribution is 0.258. The van der Waals surface area contributed by atoms with Crippen molar-refractivity contribution >= 4 is 0 Å². The van der Waals surface area contributed by atoms with Crippen LogP contribution in [0.4, 0.5) is 0 Å². The molecule has 4 rings (SSSR count). The molecule has 0 radical (unpaired) electrons. The van der Waals surface area contributed by atoms with E-state index < -0.39 is 11.8 Å². The molecule has 0 saturated carbocycles. The standard InChI is InChI=1S/C15H24N16O4/c32-5-1-28-15(19-23-27-28)11(14-18-26-31(22-14)4-8-35)9-10(12-16-24-29(20-12)2-6-33)13-17-25-30(21-13)3-7-34/h10-11,32-35H,1-9H2. The van der Waals surface area contributed by atoms with Gasteiger partial charge < -0.3 is 20.4 Å². The van der Waals surface area contributed by atoms with E-state index in [2.05, 4.69) is 61.8 Å². The van der Waals surface area contributed by atoms with Crippen LogP contribution in [-0.4, -0.2) is 128 Å². The highest BCUT2D eigenvalue weighted by Crippen LogP contribution is 2.33. The molecule has 0 aliphatic heterocycles. The molecule has 0 amide bonds. The highest BCUT2D eigenvalue weighted by atomic mass is 16.3. The van der Waals surface area contributed by atoms with Gasteiger partial charge in [-0.1, -0.05) is 0 Å². The van der Waals surface area contributed by atoms with Crippen molar-refractivity contribution in [1.82, 2.24) is 80.8 Å². The molecule has 35 heavy (non-hydrogen) atoms. The summed E-state index contributed by atoms with van der Waals surface area (Å²) >= 11 is 0. The van der Waals surface area contributed by atoms with E-state index in [1.165, 1.54) is 19.1 Å². The molecule has 0 fully saturated rings.